The van der Waals surface area contributed by atoms with Gasteiger partial charge in [-0.1, -0.05) is 18.2 Å². The highest BCUT2D eigenvalue weighted by molar-refractivity contribution is 5.85. The summed E-state index contributed by atoms with van der Waals surface area (Å²) < 4.78 is 37.9. The first-order valence-electron chi connectivity index (χ1n) is 9.02. The molecule has 3 N–H and O–H groups in total. The lowest BCUT2D eigenvalue weighted by Gasteiger charge is -2.34. The van der Waals surface area contributed by atoms with E-state index >= 15 is 0 Å². The maximum atomic E-state index is 12.2. The second-order valence-corrected chi connectivity index (χ2v) is 6.90. The van der Waals surface area contributed by atoms with E-state index in [-0.39, 0.29) is 11.7 Å². The van der Waals surface area contributed by atoms with E-state index in [1.165, 1.54) is 0 Å². The molecule has 1 unspecified atom stereocenters. The van der Waals surface area contributed by atoms with E-state index in [2.05, 4.69) is 10.3 Å². The molecule has 1 fully saturated rings. The van der Waals surface area contributed by atoms with Crippen molar-refractivity contribution in [1.29, 1.82) is 0 Å². The summed E-state index contributed by atoms with van der Waals surface area (Å²) >= 11 is 0. The number of rotatable bonds is 1. The second kappa shape index (κ2) is 8.32. The Morgan fingerprint density at radius 3 is 2.36 bits per heavy atom. The van der Waals surface area contributed by atoms with E-state index in [4.69, 9.17) is 14.6 Å². The van der Waals surface area contributed by atoms with Gasteiger partial charge in [0, 0.05) is 23.1 Å². The Morgan fingerprint density at radius 2 is 1.75 bits per heavy atom. The van der Waals surface area contributed by atoms with Crippen LogP contribution >= 0.6 is 0 Å². The summed E-state index contributed by atoms with van der Waals surface area (Å²) in [4.78, 5) is 24.2. The molecular formula is C19H21F3N2O4. The van der Waals surface area contributed by atoms with Gasteiger partial charge in [-0.25, -0.2) is 4.79 Å². The predicted octanol–water partition coefficient (Wildman–Crippen LogP) is 2.60. The Labute approximate surface area is 158 Å². The van der Waals surface area contributed by atoms with Crippen LogP contribution in [-0.4, -0.2) is 41.4 Å². The van der Waals surface area contributed by atoms with Crippen LogP contribution in [0.2, 0.25) is 0 Å². The van der Waals surface area contributed by atoms with Crippen LogP contribution in [0.15, 0.2) is 29.1 Å². The topological polar surface area (TPSA) is 91.4 Å². The monoisotopic (exact) mass is 398 g/mol. The van der Waals surface area contributed by atoms with Crippen molar-refractivity contribution in [3.8, 4) is 0 Å². The highest BCUT2D eigenvalue weighted by Gasteiger charge is 2.38. The molecule has 0 spiro atoms. The molecule has 0 radical (unpaired) electrons. The molecule has 3 heterocycles. The first kappa shape index (κ1) is 20.3. The van der Waals surface area contributed by atoms with Crippen LogP contribution in [0.3, 0.4) is 0 Å². The number of carboxylic acids is 1. The number of carbonyl (C=O) groups is 1. The van der Waals surface area contributed by atoms with Gasteiger partial charge in [0.2, 0.25) is 0 Å². The number of H-pyrrole nitrogens is 1. The molecule has 1 aromatic carbocycles. The van der Waals surface area contributed by atoms with Crippen molar-refractivity contribution in [2.45, 2.75) is 38.1 Å². The van der Waals surface area contributed by atoms with Gasteiger partial charge in [0.1, 0.15) is 0 Å². The zero-order valence-electron chi connectivity index (χ0n) is 15.0. The minimum absolute atomic E-state index is 0.0234. The minimum Gasteiger partial charge on any atom is -0.475 e. The van der Waals surface area contributed by atoms with Gasteiger partial charge >= 0.3 is 12.1 Å². The van der Waals surface area contributed by atoms with Crippen molar-refractivity contribution in [3.63, 3.8) is 0 Å². The Kier molecular flexibility index (Phi) is 6.04. The van der Waals surface area contributed by atoms with Crippen molar-refractivity contribution >= 4 is 16.7 Å². The number of pyridine rings is 1. The fourth-order valence-corrected chi connectivity index (χ4v) is 3.70. The van der Waals surface area contributed by atoms with Gasteiger partial charge < -0.3 is 20.1 Å². The number of aliphatic carboxylic acids is 1. The largest absolute Gasteiger partial charge is 0.490 e. The van der Waals surface area contributed by atoms with Gasteiger partial charge in [-0.2, -0.15) is 13.2 Å². The van der Waals surface area contributed by atoms with E-state index in [1.54, 1.807) is 0 Å². The van der Waals surface area contributed by atoms with Crippen LogP contribution in [-0.2, 0) is 22.6 Å². The first-order valence-corrected chi connectivity index (χ1v) is 9.02. The van der Waals surface area contributed by atoms with Crippen LogP contribution in [0, 0.1) is 5.92 Å². The molecule has 2 aromatic rings. The summed E-state index contributed by atoms with van der Waals surface area (Å²) in [6.07, 6.45) is -1.67. The Balaban J connectivity index is 0.000000279. The molecule has 1 aromatic heterocycles. The number of ether oxygens (including phenoxy) is 1. The van der Waals surface area contributed by atoms with Crippen LogP contribution in [0.4, 0.5) is 13.2 Å². The number of piperidine rings is 1. The van der Waals surface area contributed by atoms with Crippen LogP contribution < -0.4 is 10.9 Å². The molecule has 0 amide bonds. The Morgan fingerprint density at radius 1 is 1.14 bits per heavy atom. The van der Waals surface area contributed by atoms with Gasteiger partial charge in [0.15, 0.2) is 0 Å². The summed E-state index contributed by atoms with van der Waals surface area (Å²) in [7, 11) is 0. The minimum atomic E-state index is -5.08. The number of aromatic amines is 1. The quantitative estimate of drug-likeness (QED) is 0.687. The molecule has 0 aliphatic carbocycles. The smallest absolute Gasteiger partial charge is 0.475 e. The lowest BCUT2D eigenvalue weighted by Crippen LogP contribution is -2.38. The number of fused-ring (bicyclic) bond motifs is 3. The number of hydrogen-bond acceptors (Lipinski definition) is 4. The maximum Gasteiger partial charge on any atom is 0.490 e. The molecule has 1 saturated heterocycles. The van der Waals surface area contributed by atoms with E-state index < -0.39 is 12.1 Å². The van der Waals surface area contributed by atoms with E-state index in [0.717, 1.165) is 54.4 Å². The lowest BCUT2D eigenvalue weighted by atomic mass is 9.87. The second-order valence-electron chi connectivity index (χ2n) is 6.90. The van der Waals surface area contributed by atoms with Crippen molar-refractivity contribution in [2.75, 3.05) is 13.1 Å². The number of benzene rings is 1. The number of aromatic nitrogens is 1. The summed E-state index contributed by atoms with van der Waals surface area (Å²) in [6, 6.07) is 7.80. The Bertz CT molecular complexity index is 904. The summed E-state index contributed by atoms with van der Waals surface area (Å²) in [6.45, 7) is 2.76. The van der Waals surface area contributed by atoms with Crippen LogP contribution in [0.25, 0.3) is 10.8 Å². The van der Waals surface area contributed by atoms with Crippen molar-refractivity contribution < 1.29 is 27.8 Å². The summed E-state index contributed by atoms with van der Waals surface area (Å²) in [5, 5.41) is 12.3. The molecule has 152 valence electrons. The molecule has 2 aliphatic rings. The molecule has 2 aliphatic heterocycles. The standard InChI is InChI=1S/C17H20N2O2.C2HF3O2/c20-17-13-4-2-1-3-12(13)14-10-21-16(9-15(14)19-17)11-5-7-18-8-6-11;3-2(4,5)1(6)7/h1-4,11,16,18H,5-10H2,(H,19,20);(H,6,7). The average molecular weight is 398 g/mol. The zero-order chi connectivity index (χ0) is 20.3. The van der Waals surface area contributed by atoms with E-state index in [0.29, 0.717) is 12.5 Å². The lowest BCUT2D eigenvalue weighted by molar-refractivity contribution is -0.192. The third-order valence-corrected chi connectivity index (χ3v) is 5.12. The average Bonchev–Trinajstić information content (AvgIpc) is 2.68. The van der Waals surface area contributed by atoms with Gasteiger partial charge in [0.25, 0.3) is 5.56 Å². The number of carboxylic acid groups (broad SMARTS) is 1. The van der Waals surface area contributed by atoms with Gasteiger partial charge in [-0.15, -0.1) is 0 Å². The molecule has 6 nitrogen and oxygen atoms in total. The number of hydrogen-bond donors (Lipinski definition) is 3. The molecule has 28 heavy (non-hydrogen) atoms. The van der Waals surface area contributed by atoms with Crippen molar-refractivity contribution in [1.82, 2.24) is 10.3 Å². The van der Waals surface area contributed by atoms with Gasteiger partial charge in [0.05, 0.1) is 12.7 Å². The highest BCUT2D eigenvalue weighted by Crippen LogP contribution is 2.30. The summed E-state index contributed by atoms with van der Waals surface area (Å²) in [5.74, 6) is -2.15. The third kappa shape index (κ3) is 4.53. The number of nitrogens with one attached hydrogen (secondary N) is 2. The Hall–Kier alpha value is -2.39. The summed E-state index contributed by atoms with van der Waals surface area (Å²) in [5.41, 5.74) is 2.26. The molecule has 4 rings (SSSR count). The van der Waals surface area contributed by atoms with Crippen molar-refractivity contribution in [2.24, 2.45) is 5.92 Å². The third-order valence-electron chi connectivity index (χ3n) is 5.12. The fraction of sp³-hybridized carbons (Fsp3) is 0.474. The van der Waals surface area contributed by atoms with Gasteiger partial charge in [-0.05, 0) is 43.3 Å². The van der Waals surface area contributed by atoms with E-state index in [9.17, 15) is 18.0 Å². The fourth-order valence-electron chi connectivity index (χ4n) is 3.70. The van der Waals surface area contributed by atoms with Gasteiger partial charge in [-0.3, -0.25) is 4.79 Å². The molecule has 0 saturated carbocycles. The highest BCUT2D eigenvalue weighted by atomic mass is 19.4. The molecule has 0 bridgehead atoms. The number of alkyl halides is 3. The molecule has 1 atom stereocenters. The molecular weight excluding hydrogens is 377 g/mol. The van der Waals surface area contributed by atoms with Crippen LogP contribution in [0.1, 0.15) is 24.1 Å². The zero-order valence-corrected chi connectivity index (χ0v) is 15.0. The SMILES string of the molecule is O=C(O)C(F)(F)F.O=c1[nH]c2c(c3ccccc13)COC(C1CCNCC1)C2. The first-order chi connectivity index (χ1) is 13.3. The molecule has 9 heteroatoms. The van der Waals surface area contributed by atoms with Crippen molar-refractivity contribution in [3.05, 3.63) is 45.9 Å². The number of halogens is 3. The maximum absolute atomic E-state index is 12.2. The normalized spacial score (nSPS) is 20.2. The predicted molar refractivity (Wildman–Crippen MR) is 96.1 cm³/mol. The van der Waals surface area contributed by atoms with E-state index in [1.807, 2.05) is 24.3 Å². The van der Waals surface area contributed by atoms with Crippen LogP contribution in [0.5, 0.6) is 0 Å².